The second-order valence-corrected chi connectivity index (χ2v) is 8.48. The van der Waals surface area contributed by atoms with Crippen molar-refractivity contribution in [2.45, 2.75) is 6.61 Å². The van der Waals surface area contributed by atoms with Crippen LogP contribution in [0.4, 0.5) is 11.4 Å². The maximum absolute atomic E-state index is 12.9. The summed E-state index contributed by atoms with van der Waals surface area (Å²) in [4.78, 5) is 23.4. The molecular weight excluding hydrogens is 501 g/mol. The van der Waals surface area contributed by atoms with Gasteiger partial charge in [-0.2, -0.15) is 5.26 Å². The smallest absolute Gasteiger partial charge is 0.271 e. The van der Waals surface area contributed by atoms with E-state index < -0.39 is 10.8 Å². The van der Waals surface area contributed by atoms with E-state index in [2.05, 4.69) is 5.32 Å². The SMILES string of the molecule is N#C/C(=C\c1c(OCc2ccc(Cl)c(Cl)c2)ccc2ccccc12)C(=O)Nc1cccc([N+](=O)[O-])c1. The van der Waals surface area contributed by atoms with Crippen LogP contribution in [0.1, 0.15) is 11.1 Å². The van der Waals surface area contributed by atoms with Crippen LogP contribution in [-0.2, 0) is 11.4 Å². The summed E-state index contributed by atoms with van der Waals surface area (Å²) in [6, 6.07) is 23.7. The molecule has 178 valence electrons. The normalized spacial score (nSPS) is 11.1. The summed E-state index contributed by atoms with van der Waals surface area (Å²) in [6.45, 7) is 0.178. The number of non-ortho nitro benzene ring substituents is 1. The Labute approximate surface area is 216 Å². The van der Waals surface area contributed by atoms with E-state index >= 15 is 0 Å². The number of anilines is 1. The Bertz CT molecular complexity index is 1560. The number of carbonyl (C=O) groups excluding carboxylic acids is 1. The fourth-order valence-electron chi connectivity index (χ4n) is 3.53. The van der Waals surface area contributed by atoms with Crippen molar-refractivity contribution in [2.75, 3.05) is 5.32 Å². The van der Waals surface area contributed by atoms with Crippen LogP contribution in [0.25, 0.3) is 16.8 Å². The predicted molar refractivity (Wildman–Crippen MR) is 140 cm³/mol. The van der Waals surface area contributed by atoms with Gasteiger partial charge in [0.25, 0.3) is 11.6 Å². The highest BCUT2D eigenvalue weighted by Gasteiger charge is 2.15. The Morgan fingerprint density at radius 3 is 2.58 bits per heavy atom. The van der Waals surface area contributed by atoms with Crippen LogP contribution < -0.4 is 10.1 Å². The van der Waals surface area contributed by atoms with Gasteiger partial charge < -0.3 is 10.1 Å². The van der Waals surface area contributed by atoms with Gasteiger partial charge in [0.15, 0.2) is 0 Å². The van der Waals surface area contributed by atoms with Crippen LogP contribution in [0, 0.1) is 21.4 Å². The van der Waals surface area contributed by atoms with Crippen molar-refractivity contribution in [1.82, 2.24) is 0 Å². The van der Waals surface area contributed by atoms with Gasteiger partial charge in [-0.15, -0.1) is 0 Å². The fraction of sp³-hybridized carbons (Fsp3) is 0.0370. The van der Waals surface area contributed by atoms with Crippen LogP contribution in [0.15, 0.2) is 84.4 Å². The first-order valence-corrected chi connectivity index (χ1v) is 11.4. The number of nitrogens with one attached hydrogen (secondary N) is 1. The van der Waals surface area contributed by atoms with E-state index in [1.807, 2.05) is 36.4 Å². The van der Waals surface area contributed by atoms with Crippen molar-refractivity contribution >= 4 is 57.3 Å². The molecule has 0 aliphatic carbocycles. The van der Waals surface area contributed by atoms with Crippen molar-refractivity contribution in [1.29, 1.82) is 5.26 Å². The molecule has 0 saturated heterocycles. The Kier molecular flexibility index (Phi) is 7.50. The van der Waals surface area contributed by atoms with Gasteiger partial charge in [-0.3, -0.25) is 14.9 Å². The van der Waals surface area contributed by atoms with Crippen molar-refractivity contribution in [3.8, 4) is 11.8 Å². The maximum atomic E-state index is 12.9. The van der Waals surface area contributed by atoms with Gasteiger partial charge in [0.05, 0.1) is 15.0 Å². The predicted octanol–water partition coefficient (Wildman–Crippen LogP) is 7.18. The number of carbonyl (C=O) groups is 1. The molecular formula is C27H17Cl2N3O4. The zero-order valence-corrected chi connectivity index (χ0v) is 20.1. The van der Waals surface area contributed by atoms with Crippen molar-refractivity contribution in [2.24, 2.45) is 0 Å². The second kappa shape index (κ2) is 10.9. The standard InChI is InChI=1S/C27H17Cl2N3O4/c28-24-10-8-17(12-25(24)29)16-36-26-11-9-18-4-1-2-7-22(18)23(26)13-19(15-30)27(33)31-20-5-3-6-21(14-20)32(34)35/h1-14H,16H2,(H,31,33)/b19-13+. The summed E-state index contributed by atoms with van der Waals surface area (Å²) in [6.07, 6.45) is 1.44. The Morgan fingerprint density at radius 2 is 1.83 bits per heavy atom. The van der Waals surface area contributed by atoms with E-state index in [9.17, 15) is 20.2 Å². The zero-order valence-electron chi connectivity index (χ0n) is 18.6. The lowest BCUT2D eigenvalue weighted by Crippen LogP contribution is -2.13. The van der Waals surface area contributed by atoms with Gasteiger partial charge in [0, 0.05) is 23.4 Å². The van der Waals surface area contributed by atoms with E-state index in [-0.39, 0.29) is 23.6 Å². The van der Waals surface area contributed by atoms with Gasteiger partial charge in [0.1, 0.15) is 24.0 Å². The quantitative estimate of drug-likeness (QED) is 0.121. The van der Waals surface area contributed by atoms with Gasteiger partial charge in [-0.1, -0.05) is 65.7 Å². The molecule has 4 aromatic carbocycles. The third-order valence-corrected chi connectivity index (χ3v) is 6.02. The molecule has 0 bridgehead atoms. The Balaban J connectivity index is 1.68. The van der Waals surface area contributed by atoms with Crippen LogP contribution in [0.3, 0.4) is 0 Å². The first-order chi connectivity index (χ1) is 17.4. The summed E-state index contributed by atoms with van der Waals surface area (Å²) in [5, 5.41) is 25.8. The molecule has 4 rings (SSSR count). The molecule has 0 unspecified atom stereocenters. The molecule has 0 spiro atoms. The molecule has 0 atom stereocenters. The third-order valence-electron chi connectivity index (χ3n) is 5.28. The summed E-state index contributed by atoms with van der Waals surface area (Å²) in [5.41, 5.74) is 1.15. The molecule has 9 heteroatoms. The van der Waals surface area contributed by atoms with Crippen LogP contribution in [-0.4, -0.2) is 10.8 Å². The van der Waals surface area contributed by atoms with Crippen LogP contribution in [0.2, 0.25) is 10.0 Å². The molecule has 0 heterocycles. The van der Waals surface area contributed by atoms with E-state index in [4.69, 9.17) is 27.9 Å². The second-order valence-electron chi connectivity index (χ2n) is 7.67. The number of halogens is 2. The lowest BCUT2D eigenvalue weighted by molar-refractivity contribution is -0.384. The number of fused-ring (bicyclic) bond motifs is 1. The van der Waals surface area contributed by atoms with Crippen molar-refractivity contribution in [3.05, 3.63) is 116 Å². The summed E-state index contributed by atoms with van der Waals surface area (Å²) in [7, 11) is 0. The lowest BCUT2D eigenvalue weighted by Gasteiger charge is -2.13. The number of ether oxygens (including phenoxy) is 1. The minimum absolute atomic E-state index is 0.178. The van der Waals surface area contributed by atoms with Gasteiger partial charge in [0.2, 0.25) is 0 Å². The zero-order chi connectivity index (χ0) is 25.7. The van der Waals surface area contributed by atoms with Crippen LogP contribution >= 0.6 is 23.2 Å². The minimum Gasteiger partial charge on any atom is -0.488 e. The van der Waals surface area contributed by atoms with Gasteiger partial charge in [-0.05, 0) is 46.7 Å². The number of nitriles is 1. The monoisotopic (exact) mass is 517 g/mol. The molecule has 36 heavy (non-hydrogen) atoms. The maximum Gasteiger partial charge on any atom is 0.271 e. The highest BCUT2D eigenvalue weighted by molar-refractivity contribution is 6.42. The first-order valence-electron chi connectivity index (χ1n) is 10.6. The largest absolute Gasteiger partial charge is 0.488 e. The fourth-order valence-corrected chi connectivity index (χ4v) is 3.85. The number of nitro benzene ring substituents is 1. The molecule has 1 N–H and O–H groups in total. The number of hydrogen-bond acceptors (Lipinski definition) is 5. The molecule has 0 fully saturated rings. The molecule has 1 amide bonds. The minimum atomic E-state index is -0.707. The number of nitro groups is 1. The van der Waals surface area contributed by atoms with Crippen LogP contribution in [0.5, 0.6) is 5.75 Å². The average Bonchev–Trinajstić information content (AvgIpc) is 2.88. The summed E-state index contributed by atoms with van der Waals surface area (Å²) in [5.74, 6) is -0.253. The van der Waals surface area contributed by atoms with Crippen molar-refractivity contribution < 1.29 is 14.5 Å². The molecule has 0 aromatic heterocycles. The molecule has 0 aliphatic heterocycles. The highest BCUT2D eigenvalue weighted by Crippen LogP contribution is 2.32. The average molecular weight is 518 g/mol. The van der Waals surface area contributed by atoms with Crippen molar-refractivity contribution in [3.63, 3.8) is 0 Å². The number of hydrogen-bond donors (Lipinski definition) is 1. The number of nitrogens with zero attached hydrogens (tertiary/aromatic N) is 2. The summed E-state index contributed by atoms with van der Waals surface area (Å²) >= 11 is 12.1. The third kappa shape index (κ3) is 5.63. The molecule has 0 aliphatic rings. The number of rotatable bonds is 7. The van der Waals surface area contributed by atoms with E-state index in [0.717, 1.165) is 16.3 Å². The lowest BCUT2D eigenvalue weighted by atomic mass is 10.0. The topological polar surface area (TPSA) is 105 Å². The number of amides is 1. The molecule has 7 nitrogen and oxygen atoms in total. The highest BCUT2D eigenvalue weighted by atomic mass is 35.5. The number of benzene rings is 4. The first kappa shape index (κ1) is 24.7. The van der Waals surface area contributed by atoms with E-state index in [1.54, 1.807) is 24.3 Å². The Morgan fingerprint density at radius 1 is 1.03 bits per heavy atom. The molecule has 0 saturated carbocycles. The summed E-state index contributed by atoms with van der Waals surface area (Å²) < 4.78 is 6.05. The van der Waals surface area contributed by atoms with E-state index in [1.165, 1.54) is 30.3 Å². The molecule has 0 radical (unpaired) electrons. The van der Waals surface area contributed by atoms with Gasteiger partial charge >= 0.3 is 0 Å². The molecule has 4 aromatic rings. The van der Waals surface area contributed by atoms with E-state index in [0.29, 0.717) is 21.4 Å². The Hall–Kier alpha value is -4.38. The van der Waals surface area contributed by atoms with Gasteiger partial charge in [-0.25, -0.2) is 0 Å².